The highest BCUT2D eigenvalue weighted by molar-refractivity contribution is 14.2. The number of nitrogens with one attached hydrogen (secondary N) is 4. The van der Waals surface area contributed by atoms with E-state index in [0.717, 1.165) is 25.1 Å². The fourth-order valence-electron chi connectivity index (χ4n) is 4.81. The van der Waals surface area contributed by atoms with Crippen LogP contribution in [-0.4, -0.2) is 57.0 Å². The van der Waals surface area contributed by atoms with Crippen molar-refractivity contribution in [1.82, 2.24) is 21.3 Å². The van der Waals surface area contributed by atoms with E-state index in [2.05, 4.69) is 62.8 Å². The summed E-state index contributed by atoms with van der Waals surface area (Å²) in [5, 5.41) is 14.1. The summed E-state index contributed by atoms with van der Waals surface area (Å²) in [6.45, 7) is 16.7. The van der Waals surface area contributed by atoms with Gasteiger partial charge in [0.1, 0.15) is 26.7 Å². The van der Waals surface area contributed by atoms with Gasteiger partial charge in [-0.05, 0) is 48.8 Å². The van der Waals surface area contributed by atoms with E-state index in [-0.39, 0.29) is 45.0 Å². The molecule has 5 atom stereocenters. The molecule has 0 aromatic carbocycles. The average molecular weight is 603 g/mol. The minimum Gasteiger partial charge on any atom is -0.350 e. The standard InChI is InChI=1S/C26H31IN6O3/c1-5-21(34)33-24-18-8-7-17(18)13-27-23(24)25(36)32-20(28-4)11-15(2)16(3)31-19-12-22(35)29-14-26(19)9-6-10-30-26/h5,7-8,11-13,17-18,23-24,30-31H,1-4,6,9-10,14H2,(H,29,35)(H,32,36)(H,33,34)/p+1. The first-order valence-electron chi connectivity index (χ1n) is 11.8. The van der Waals surface area contributed by atoms with Crippen LogP contribution in [0.15, 0.2) is 77.9 Å². The zero-order valence-corrected chi connectivity index (χ0v) is 22.2. The average Bonchev–Trinajstić information content (AvgIpc) is 3.31. The van der Waals surface area contributed by atoms with E-state index in [0.29, 0.717) is 23.7 Å². The molecule has 1 saturated heterocycles. The van der Waals surface area contributed by atoms with Gasteiger partial charge in [0, 0.05) is 24.0 Å². The third-order valence-electron chi connectivity index (χ3n) is 6.95. The lowest BCUT2D eigenvalue weighted by molar-refractivity contribution is -0.559. The molecule has 3 heterocycles. The van der Waals surface area contributed by atoms with Gasteiger partial charge in [0.05, 0.1) is 12.1 Å². The number of nitrogens with zero attached hydrogens (tertiary/aromatic N) is 1. The van der Waals surface area contributed by atoms with Crippen molar-refractivity contribution in [3.63, 3.8) is 0 Å². The van der Waals surface area contributed by atoms with Gasteiger partial charge in [-0.25, -0.2) is 4.99 Å². The van der Waals surface area contributed by atoms with E-state index in [1.54, 1.807) is 12.2 Å². The van der Waals surface area contributed by atoms with E-state index < -0.39 is 20.7 Å². The SMILES string of the molecule is C=CC(=O)NC1C(C(=O)NC(=CC(=C)C(=C)[NH2+]C2=CC(=O)NCC23CCCN3)N=C)I=CC2C=CC21. The number of carbonyl (C=O) groups excluding carboxylic acids is 3. The first-order valence-corrected chi connectivity index (χ1v) is 14.3. The molecule has 0 saturated carbocycles. The van der Waals surface area contributed by atoms with E-state index >= 15 is 0 Å². The van der Waals surface area contributed by atoms with Gasteiger partial charge in [0.25, 0.3) is 0 Å². The number of hydrogen-bond donors (Lipinski definition) is 5. The summed E-state index contributed by atoms with van der Waals surface area (Å²) >= 11 is -0.607. The number of nitrogens with two attached hydrogens (primary N) is 1. The number of alkyl halides is 1. The number of rotatable bonds is 9. The number of fused-ring (bicyclic) bond motifs is 1. The Kier molecular flexibility index (Phi) is 7.96. The van der Waals surface area contributed by atoms with Crippen LogP contribution in [0.3, 0.4) is 0 Å². The van der Waals surface area contributed by atoms with Gasteiger partial charge in [-0.15, -0.1) is 20.7 Å². The number of halogens is 1. The van der Waals surface area contributed by atoms with Crippen LogP contribution in [0.1, 0.15) is 12.8 Å². The highest BCUT2D eigenvalue weighted by atomic mass is 127. The Morgan fingerprint density at radius 2 is 2.11 bits per heavy atom. The molecule has 1 fully saturated rings. The molecule has 10 heteroatoms. The molecule has 4 rings (SSSR count). The summed E-state index contributed by atoms with van der Waals surface area (Å²) in [5.41, 5.74) is 1.72. The number of allylic oxidation sites excluding steroid dienone is 2. The highest BCUT2D eigenvalue weighted by Gasteiger charge is 2.44. The third-order valence-corrected chi connectivity index (χ3v) is 10.3. The quantitative estimate of drug-likeness (QED) is 0.0637. The van der Waals surface area contributed by atoms with Crippen molar-refractivity contribution in [1.29, 1.82) is 0 Å². The molecule has 5 unspecified atom stereocenters. The van der Waals surface area contributed by atoms with Gasteiger partial charge < -0.3 is 21.3 Å². The first kappa shape index (κ1) is 26.1. The molecule has 9 nitrogen and oxygen atoms in total. The molecular weight excluding hydrogens is 571 g/mol. The molecule has 6 N–H and O–H groups in total. The molecular formula is C26H32IN6O3+. The summed E-state index contributed by atoms with van der Waals surface area (Å²) in [7, 11) is 0. The minimum atomic E-state index is -0.607. The molecule has 0 radical (unpaired) electrons. The van der Waals surface area contributed by atoms with Gasteiger partial charge >= 0.3 is 0 Å². The number of hydrogen-bond acceptors (Lipinski definition) is 5. The number of quaternary nitrogens is 1. The highest BCUT2D eigenvalue weighted by Crippen LogP contribution is 2.38. The predicted octanol–water partition coefficient (Wildman–Crippen LogP) is 0.0419. The Morgan fingerprint density at radius 1 is 1.31 bits per heavy atom. The van der Waals surface area contributed by atoms with E-state index in [1.807, 2.05) is 11.4 Å². The van der Waals surface area contributed by atoms with Crippen molar-refractivity contribution in [2.45, 2.75) is 28.3 Å². The second-order valence-electron chi connectivity index (χ2n) is 9.23. The molecule has 0 bridgehead atoms. The lowest BCUT2D eigenvalue weighted by Gasteiger charge is -2.40. The van der Waals surface area contributed by atoms with Crippen LogP contribution in [0, 0.1) is 11.8 Å². The zero-order chi connectivity index (χ0) is 25.9. The molecule has 36 heavy (non-hydrogen) atoms. The second-order valence-corrected chi connectivity index (χ2v) is 12.0. The van der Waals surface area contributed by atoms with Gasteiger partial charge in [-0.1, -0.05) is 25.3 Å². The second kappa shape index (κ2) is 11.0. The Bertz CT molecular complexity index is 1140. The summed E-state index contributed by atoms with van der Waals surface area (Å²) in [4.78, 5) is 41.3. The van der Waals surface area contributed by atoms with E-state index in [1.165, 1.54) is 6.08 Å². The molecule has 3 amide bonds. The van der Waals surface area contributed by atoms with Crippen LogP contribution in [-0.2, 0) is 14.4 Å². The van der Waals surface area contributed by atoms with Gasteiger partial charge in [0.2, 0.25) is 17.7 Å². The smallest absolute Gasteiger partial charge is 0.249 e. The molecule has 190 valence electrons. The van der Waals surface area contributed by atoms with Crippen molar-refractivity contribution in [3.05, 3.63) is 72.9 Å². The predicted molar refractivity (Wildman–Crippen MR) is 149 cm³/mol. The van der Waals surface area contributed by atoms with Crippen molar-refractivity contribution >= 4 is 49.2 Å². The Morgan fingerprint density at radius 3 is 2.75 bits per heavy atom. The summed E-state index contributed by atoms with van der Waals surface area (Å²) in [6, 6.07) is -0.291. The van der Waals surface area contributed by atoms with Crippen molar-refractivity contribution in [2.75, 3.05) is 13.1 Å². The van der Waals surface area contributed by atoms with Crippen LogP contribution in [0.4, 0.5) is 0 Å². The van der Waals surface area contributed by atoms with Crippen LogP contribution in [0.25, 0.3) is 0 Å². The number of carbonyl (C=O) groups is 3. The monoisotopic (exact) mass is 603 g/mol. The largest absolute Gasteiger partial charge is 0.350 e. The maximum Gasteiger partial charge on any atom is 0.249 e. The van der Waals surface area contributed by atoms with E-state index in [9.17, 15) is 14.4 Å². The van der Waals surface area contributed by atoms with Crippen molar-refractivity contribution in [3.8, 4) is 0 Å². The van der Waals surface area contributed by atoms with Crippen LogP contribution in [0.2, 0.25) is 0 Å². The molecule has 1 spiro atoms. The van der Waals surface area contributed by atoms with Crippen LogP contribution >= 0.6 is 20.7 Å². The summed E-state index contributed by atoms with van der Waals surface area (Å²) in [5.74, 6) is 0.0213. The molecule has 3 aliphatic heterocycles. The van der Waals surface area contributed by atoms with Gasteiger partial charge in [0.15, 0.2) is 0 Å². The maximum atomic E-state index is 13.2. The zero-order valence-electron chi connectivity index (χ0n) is 20.1. The summed E-state index contributed by atoms with van der Waals surface area (Å²) in [6.07, 6.45) is 10.5. The molecule has 0 aromatic rings. The topological polar surface area (TPSA) is 128 Å². The van der Waals surface area contributed by atoms with Crippen molar-refractivity contribution < 1.29 is 19.7 Å². The lowest BCUT2D eigenvalue weighted by Crippen LogP contribution is -2.86. The minimum absolute atomic E-state index is 0.101. The Balaban J connectivity index is 1.44. The molecule has 4 aliphatic rings. The molecule has 0 aromatic heterocycles. The fraction of sp³-hybridized carbons (Fsp3) is 0.346. The Hall–Kier alpha value is -2.96. The van der Waals surface area contributed by atoms with Gasteiger partial charge in [-0.2, -0.15) is 0 Å². The van der Waals surface area contributed by atoms with Crippen LogP contribution in [0.5, 0.6) is 0 Å². The fourth-order valence-corrected chi connectivity index (χ4v) is 8.04. The first-order chi connectivity index (χ1) is 17.3. The number of aliphatic imine (C=N–C) groups is 1. The lowest BCUT2D eigenvalue weighted by atomic mass is 9.77. The van der Waals surface area contributed by atoms with Gasteiger partial charge in [-0.3, -0.25) is 19.7 Å². The normalized spacial score (nSPS) is 30.6. The van der Waals surface area contributed by atoms with E-state index in [4.69, 9.17) is 0 Å². The molecule has 1 aliphatic carbocycles. The number of amides is 3. The summed E-state index contributed by atoms with van der Waals surface area (Å²) < 4.78 is 1.86. The third kappa shape index (κ3) is 5.40. The Labute approximate surface area is 220 Å². The van der Waals surface area contributed by atoms with Crippen LogP contribution < -0.4 is 26.6 Å². The maximum absolute atomic E-state index is 13.2. The van der Waals surface area contributed by atoms with Crippen molar-refractivity contribution in [2.24, 2.45) is 16.8 Å².